The van der Waals surface area contributed by atoms with Crippen molar-refractivity contribution >= 4 is 0 Å². The van der Waals surface area contributed by atoms with E-state index in [1.54, 1.807) is 6.07 Å². The van der Waals surface area contributed by atoms with Gasteiger partial charge >= 0.3 is 0 Å². The average molecular weight is 216 g/mol. The third-order valence-electron chi connectivity index (χ3n) is 2.92. The highest BCUT2D eigenvalue weighted by Gasteiger charge is 2.29. The standard InChI is InChI=1S/C13H16N2O/c1-13(7-4-8-15-10-13)16-12-6-3-2-5-11(12)9-14/h2-3,5-6,15H,4,7-8,10H2,1H3. The summed E-state index contributed by atoms with van der Waals surface area (Å²) in [6.45, 7) is 3.99. The van der Waals surface area contributed by atoms with Crippen LogP contribution in [0.3, 0.4) is 0 Å². The fraction of sp³-hybridized carbons (Fsp3) is 0.462. The molecule has 1 fully saturated rings. The fourth-order valence-corrected chi connectivity index (χ4v) is 2.03. The largest absolute Gasteiger partial charge is 0.485 e. The summed E-state index contributed by atoms with van der Waals surface area (Å²) < 4.78 is 5.98. The first-order valence-electron chi connectivity index (χ1n) is 5.62. The van der Waals surface area contributed by atoms with Crippen molar-refractivity contribution in [2.45, 2.75) is 25.4 Å². The number of nitrogens with zero attached hydrogens (tertiary/aromatic N) is 1. The summed E-state index contributed by atoms with van der Waals surface area (Å²) in [5.41, 5.74) is 0.417. The highest BCUT2D eigenvalue weighted by Crippen LogP contribution is 2.26. The van der Waals surface area contributed by atoms with Gasteiger partial charge in [0, 0.05) is 6.54 Å². The number of hydrogen-bond acceptors (Lipinski definition) is 3. The van der Waals surface area contributed by atoms with E-state index in [9.17, 15) is 0 Å². The summed E-state index contributed by atoms with van der Waals surface area (Å²) in [6.07, 6.45) is 2.14. The molecule has 1 saturated heterocycles. The van der Waals surface area contributed by atoms with Crippen molar-refractivity contribution in [3.8, 4) is 11.8 Å². The van der Waals surface area contributed by atoms with Gasteiger partial charge < -0.3 is 10.1 Å². The van der Waals surface area contributed by atoms with Crippen LogP contribution < -0.4 is 10.1 Å². The molecule has 1 aromatic carbocycles. The molecule has 0 bridgehead atoms. The Hall–Kier alpha value is -1.53. The van der Waals surface area contributed by atoms with Crippen molar-refractivity contribution in [3.63, 3.8) is 0 Å². The zero-order valence-corrected chi connectivity index (χ0v) is 9.49. The second-order valence-corrected chi connectivity index (χ2v) is 4.44. The first-order valence-corrected chi connectivity index (χ1v) is 5.62. The smallest absolute Gasteiger partial charge is 0.137 e. The Balaban J connectivity index is 2.16. The molecule has 1 aliphatic heterocycles. The number of nitriles is 1. The van der Waals surface area contributed by atoms with Gasteiger partial charge in [0.1, 0.15) is 17.4 Å². The number of nitrogens with one attached hydrogen (secondary N) is 1. The van der Waals surface area contributed by atoms with Crippen molar-refractivity contribution in [2.24, 2.45) is 0 Å². The number of benzene rings is 1. The summed E-state index contributed by atoms with van der Waals surface area (Å²) in [5.74, 6) is 0.691. The van der Waals surface area contributed by atoms with Crippen LogP contribution in [-0.2, 0) is 0 Å². The lowest BCUT2D eigenvalue weighted by Crippen LogP contribution is -2.47. The van der Waals surface area contributed by atoms with E-state index in [1.807, 2.05) is 18.2 Å². The van der Waals surface area contributed by atoms with Crippen LogP contribution in [0.5, 0.6) is 5.75 Å². The van der Waals surface area contributed by atoms with Gasteiger partial charge in [0.2, 0.25) is 0 Å². The van der Waals surface area contributed by atoms with Crippen LogP contribution in [0.2, 0.25) is 0 Å². The Bertz CT molecular complexity index is 403. The van der Waals surface area contributed by atoms with Gasteiger partial charge in [-0.15, -0.1) is 0 Å². The van der Waals surface area contributed by atoms with Crippen LogP contribution in [-0.4, -0.2) is 18.7 Å². The topological polar surface area (TPSA) is 45.0 Å². The third kappa shape index (κ3) is 2.34. The Labute approximate surface area is 96.0 Å². The van der Waals surface area contributed by atoms with Gasteiger partial charge in [-0.3, -0.25) is 0 Å². The zero-order chi connectivity index (χ0) is 11.4. The number of hydrogen-bond donors (Lipinski definition) is 1. The lowest BCUT2D eigenvalue weighted by molar-refractivity contribution is 0.0611. The Morgan fingerprint density at radius 2 is 2.25 bits per heavy atom. The summed E-state index contributed by atoms with van der Waals surface area (Å²) >= 11 is 0. The van der Waals surface area contributed by atoms with Gasteiger partial charge in [-0.25, -0.2) is 0 Å². The maximum atomic E-state index is 8.99. The van der Waals surface area contributed by atoms with Crippen molar-refractivity contribution in [1.29, 1.82) is 5.26 Å². The molecule has 3 heteroatoms. The monoisotopic (exact) mass is 216 g/mol. The lowest BCUT2D eigenvalue weighted by Gasteiger charge is -2.34. The van der Waals surface area contributed by atoms with Gasteiger partial charge in [-0.05, 0) is 38.4 Å². The van der Waals surface area contributed by atoms with Crippen molar-refractivity contribution in [3.05, 3.63) is 29.8 Å². The van der Waals surface area contributed by atoms with Gasteiger partial charge in [0.15, 0.2) is 0 Å². The molecule has 1 atom stereocenters. The predicted molar refractivity (Wildman–Crippen MR) is 62.3 cm³/mol. The molecular weight excluding hydrogens is 200 g/mol. The third-order valence-corrected chi connectivity index (χ3v) is 2.92. The van der Waals surface area contributed by atoms with Gasteiger partial charge in [0.25, 0.3) is 0 Å². The van der Waals surface area contributed by atoms with Gasteiger partial charge in [0.05, 0.1) is 5.56 Å². The molecule has 84 valence electrons. The van der Waals surface area contributed by atoms with E-state index >= 15 is 0 Å². The molecule has 2 rings (SSSR count). The van der Waals surface area contributed by atoms with Gasteiger partial charge in [-0.2, -0.15) is 5.26 Å². The first kappa shape index (κ1) is 11.0. The van der Waals surface area contributed by atoms with Crippen molar-refractivity contribution < 1.29 is 4.74 Å². The highest BCUT2D eigenvalue weighted by atomic mass is 16.5. The number of ether oxygens (including phenoxy) is 1. The molecule has 16 heavy (non-hydrogen) atoms. The van der Waals surface area contributed by atoms with Crippen LogP contribution in [0.15, 0.2) is 24.3 Å². The number of para-hydroxylation sites is 1. The fourth-order valence-electron chi connectivity index (χ4n) is 2.03. The number of rotatable bonds is 2. The van der Waals surface area contributed by atoms with Crippen LogP contribution >= 0.6 is 0 Å². The van der Waals surface area contributed by atoms with E-state index in [-0.39, 0.29) is 5.60 Å². The average Bonchev–Trinajstić information content (AvgIpc) is 2.30. The maximum Gasteiger partial charge on any atom is 0.137 e. The van der Waals surface area contributed by atoms with E-state index in [4.69, 9.17) is 10.00 Å². The van der Waals surface area contributed by atoms with Crippen LogP contribution in [0.1, 0.15) is 25.3 Å². The molecule has 0 spiro atoms. The van der Waals surface area contributed by atoms with Crippen LogP contribution in [0.25, 0.3) is 0 Å². The molecule has 0 aromatic heterocycles. The maximum absolute atomic E-state index is 8.99. The van der Waals surface area contributed by atoms with E-state index in [0.717, 1.165) is 25.9 Å². The first-order chi connectivity index (χ1) is 7.73. The summed E-state index contributed by atoms with van der Waals surface area (Å²) in [5, 5.41) is 12.3. The Morgan fingerprint density at radius 3 is 2.94 bits per heavy atom. The quantitative estimate of drug-likeness (QED) is 0.823. The van der Waals surface area contributed by atoms with E-state index in [1.165, 1.54) is 0 Å². The summed E-state index contributed by atoms with van der Waals surface area (Å²) in [7, 11) is 0. The molecule has 3 nitrogen and oxygen atoms in total. The molecule has 0 aliphatic carbocycles. The molecule has 1 aromatic rings. The minimum Gasteiger partial charge on any atom is -0.485 e. The molecule has 0 radical (unpaired) electrons. The molecule has 0 saturated carbocycles. The highest BCUT2D eigenvalue weighted by molar-refractivity contribution is 5.42. The summed E-state index contributed by atoms with van der Waals surface area (Å²) in [6, 6.07) is 9.56. The molecule has 0 amide bonds. The minimum atomic E-state index is -0.189. The Morgan fingerprint density at radius 1 is 1.44 bits per heavy atom. The predicted octanol–water partition coefficient (Wildman–Crippen LogP) is 2.08. The van der Waals surface area contributed by atoms with E-state index in [0.29, 0.717) is 11.3 Å². The van der Waals surface area contributed by atoms with Crippen LogP contribution in [0, 0.1) is 11.3 Å². The molecule has 1 unspecified atom stereocenters. The molecule has 1 N–H and O–H groups in total. The normalized spacial score (nSPS) is 24.8. The zero-order valence-electron chi connectivity index (χ0n) is 9.49. The lowest BCUT2D eigenvalue weighted by atomic mass is 9.96. The summed E-state index contributed by atoms with van der Waals surface area (Å²) in [4.78, 5) is 0. The van der Waals surface area contributed by atoms with Crippen LogP contribution in [0.4, 0.5) is 0 Å². The van der Waals surface area contributed by atoms with Crippen molar-refractivity contribution in [1.82, 2.24) is 5.32 Å². The van der Waals surface area contributed by atoms with E-state index < -0.39 is 0 Å². The molecular formula is C13H16N2O. The SMILES string of the molecule is CC1(Oc2ccccc2C#N)CCCNC1. The number of piperidine rings is 1. The molecule has 1 heterocycles. The van der Waals surface area contributed by atoms with E-state index in [2.05, 4.69) is 18.3 Å². The molecule has 1 aliphatic rings. The van der Waals surface area contributed by atoms with Gasteiger partial charge in [-0.1, -0.05) is 12.1 Å². The minimum absolute atomic E-state index is 0.189. The Kier molecular flexibility index (Phi) is 3.12. The van der Waals surface area contributed by atoms with Crippen molar-refractivity contribution in [2.75, 3.05) is 13.1 Å². The second-order valence-electron chi connectivity index (χ2n) is 4.44. The second kappa shape index (κ2) is 4.54.